The highest BCUT2D eigenvalue weighted by Gasteiger charge is 2.38. The summed E-state index contributed by atoms with van der Waals surface area (Å²) in [6, 6.07) is 20.9. The molecule has 2 unspecified atom stereocenters. The second kappa shape index (κ2) is 14.0. The molecule has 0 aliphatic heterocycles. The van der Waals surface area contributed by atoms with E-state index in [4.69, 9.17) is 14.6 Å². The number of carboxylic acids is 1. The van der Waals surface area contributed by atoms with Crippen LogP contribution in [0, 0.1) is 0 Å². The number of aromatic nitrogens is 1. The number of nitrogens with zero attached hydrogens (tertiary/aromatic N) is 1. The first kappa shape index (κ1) is 29.3. The monoisotopic (exact) mass is 517 g/mol. The molecule has 0 saturated heterocycles. The van der Waals surface area contributed by atoms with E-state index in [1.54, 1.807) is 19.3 Å². The van der Waals surface area contributed by atoms with Crippen LogP contribution in [0.3, 0.4) is 0 Å². The highest BCUT2D eigenvalue weighted by atomic mass is 19.4. The van der Waals surface area contributed by atoms with Gasteiger partial charge in [-0.05, 0) is 61.2 Å². The number of alkyl halides is 3. The van der Waals surface area contributed by atoms with Crippen molar-refractivity contribution in [3.8, 4) is 11.5 Å². The topological polar surface area (TPSA) is 101 Å². The summed E-state index contributed by atoms with van der Waals surface area (Å²) in [5, 5.41) is 13.6. The Bertz CT molecular complexity index is 1120. The molecule has 198 valence electrons. The highest BCUT2D eigenvalue weighted by molar-refractivity contribution is 5.73. The molecule has 2 aromatic carbocycles. The van der Waals surface area contributed by atoms with Gasteiger partial charge in [-0.1, -0.05) is 36.4 Å². The van der Waals surface area contributed by atoms with Gasteiger partial charge in [0.05, 0.1) is 6.20 Å². The van der Waals surface area contributed by atoms with Gasteiger partial charge in [-0.15, -0.1) is 0 Å². The second-order valence-electron chi connectivity index (χ2n) is 8.25. The minimum Gasteiger partial charge on any atom is -0.475 e. The van der Waals surface area contributed by atoms with E-state index in [0.29, 0.717) is 6.54 Å². The minimum atomic E-state index is -5.08. The lowest BCUT2D eigenvalue weighted by Crippen LogP contribution is -2.23. The van der Waals surface area contributed by atoms with Crippen LogP contribution >= 0.6 is 0 Å². The van der Waals surface area contributed by atoms with Crippen molar-refractivity contribution in [2.45, 2.75) is 45.5 Å². The number of benzene rings is 2. The third-order valence-corrected chi connectivity index (χ3v) is 5.26. The van der Waals surface area contributed by atoms with E-state index in [0.717, 1.165) is 17.9 Å². The third-order valence-electron chi connectivity index (χ3n) is 5.26. The first-order chi connectivity index (χ1) is 17.5. The smallest absolute Gasteiger partial charge is 0.475 e. The van der Waals surface area contributed by atoms with Crippen LogP contribution in [-0.4, -0.2) is 34.7 Å². The average molecular weight is 518 g/mol. The van der Waals surface area contributed by atoms with Crippen molar-refractivity contribution < 1.29 is 32.6 Å². The van der Waals surface area contributed by atoms with Gasteiger partial charge in [0.15, 0.2) is 0 Å². The highest BCUT2D eigenvalue weighted by Crippen LogP contribution is 2.24. The fourth-order valence-electron chi connectivity index (χ4n) is 3.29. The molecule has 1 heterocycles. The number of nitrogens with one attached hydrogen (secondary N) is 2. The zero-order valence-electron chi connectivity index (χ0n) is 20.8. The van der Waals surface area contributed by atoms with Crippen molar-refractivity contribution in [1.82, 2.24) is 15.6 Å². The van der Waals surface area contributed by atoms with Crippen LogP contribution in [-0.2, 0) is 16.0 Å². The Morgan fingerprint density at radius 1 is 0.946 bits per heavy atom. The molecule has 37 heavy (non-hydrogen) atoms. The van der Waals surface area contributed by atoms with E-state index in [2.05, 4.69) is 65.9 Å². The fraction of sp³-hybridized carbons (Fsp3) is 0.296. The van der Waals surface area contributed by atoms with Crippen LogP contribution < -0.4 is 15.4 Å². The predicted octanol–water partition coefficient (Wildman–Crippen LogP) is 5.60. The summed E-state index contributed by atoms with van der Waals surface area (Å²) in [4.78, 5) is 23.9. The van der Waals surface area contributed by atoms with Crippen LogP contribution in [0.2, 0.25) is 0 Å². The quantitative estimate of drug-likeness (QED) is 0.342. The van der Waals surface area contributed by atoms with E-state index >= 15 is 0 Å². The Morgan fingerprint density at radius 2 is 1.49 bits per heavy atom. The predicted molar refractivity (Wildman–Crippen MR) is 133 cm³/mol. The Hall–Kier alpha value is -3.92. The van der Waals surface area contributed by atoms with Crippen LogP contribution in [0.1, 0.15) is 49.5 Å². The maximum atomic E-state index is 11.0. The van der Waals surface area contributed by atoms with E-state index in [1.165, 1.54) is 16.7 Å². The second-order valence-corrected chi connectivity index (χ2v) is 8.25. The molecule has 0 aliphatic carbocycles. The van der Waals surface area contributed by atoms with E-state index in [-0.39, 0.29) is 18.0 Å². The van der Waals surface area contributed by atoms with Crippen LogP contribution in [0.25, 0.3) is 0 Å². The zero-order chi connectivity index (χ0) is 27.4. The molecule has 3 rings (SSSR count). The maximum absolute atomic E-state index is 11.0. The van der Waals surface area contributed by atoms with E-state index in [9.17, 15) is 18.0 Å². The number of pyridine rings is 1. The number of ether oxygens (including phenoxy) is 1. The van der Waals surface area contributed by atoms with Crippen molar-refractivity contribution in [1.29, 1.82) is 0 Å². The Labute approximate surface area is 213 Å². The lowest BCUT2D eigenvalue weighted by molar-refractivity contribution is -0.192. The number of carboxylic acid groups (broad SMARTS) is 1. The molecular formula is C27H30F3N3O4. The lowest BCUT2D eigenvalue weighted by Gasteiger charge is -2.21. The molecule has 7 nitrogen and oxygen atoms in total. The van der Waals surface area contributed by atoms with Crippen molar-refractivity contribution in [2.75, 3.05) is 6.54 Å². The number of amides is 1. The Balaban J connectivity index is 0.000000604. The number of carbonyl (C=O) groups is 2. The lowest BCUT2D eigenvalue weighted by atomic mass is 10.0. The number of halogens is 3. The SMILES string of the molecule is CC(=O)NCCc1ccc(C(C)NC(C)c2ccc(Oc3cccnc3)cc2)cc1.O=C(O)C(F)(F)F. The average Bonchev–Trinajstić information content (AvgIpc) is 2.85. The summed E-state index contributed by atoms with van der Waals surface area (Å²) in [5.74, 6) is -1.23. The van der Waals surface area contributed by atoms with Crippen LogP contribution in [0.5, 0.6) is 11.5 Å². The maximum Gasteiger partial charge on any atom is 0.490 e. The summed E-state index contributed by atoms with van der Waals surface area (Å²) in [5.41, 5.74) is 3.66. The van der Waals surface area contributed by atoms with Gasteiger partial charge in [-0.2, -0.15) is 13.2 Å². The largest absolute Gasteiger partial charge is 0.490 e. The van der Waals surface area contributed by atoms with Gasteiger partial charge in [0.2, 0.25) is 5.91 Å². The van der Waals surface area contributed by atoms with Gasteiger partial charge in [-0.25, -0.2) is 4.79 Å². The molecule has 0 aliphatic rings. The summed E-state index contributed by atoms with van der Waals surface area (Å²) in [6.07, 6.45) is -0.819. The summed E-state index contributed by atoms with van der Waals surface area (Å²) < 4.78 is 37.5. The van der Waals surface area contributed by atoms with E-state index < -0.39 is 12.1 Å². The Kier molecular flexibility index (Phi) is 11.1. The number of aliphatic carboxylic acids is 1. The Morgan fingerprint density at radius 3 is 1.95 bits per heavy atom. The van der Waals surface area contributed by atoms with Gasteiger partial charge in [0.1, 0.15) is 11.5 Å². The van der Waals surface area contributed by atoms with Crippen molar-refractivity contribution in [3.05, 3.63) is 89.7 Å². The molecule has 10 heteroatoms. The van der Waals surface area contributed by atoms with Crippen molar-refractivity contribution in [3.63, 3.8) is 0 Å². The van der Waals surface area contributed by atoms with E-state index in [1.807, 2.05) is 24.3 Å². The fourth-order valence-corrected chi connectivity index (χ4v) is 3.29. The standard InChI is InChI=1S/C25H29N3O2.C2HF3O2/c1-18(22-8-6-21(7-9-22)14-16-27-20(3)29)28-19(2)23-10-12-24(13-11-23)30-25-5-4-15-26-17-25;3-2(4,5)1(6)7/h4-13,15,17-19,28H,14,16H2,1-3H3,(H,27,29);(H,6,7). The molecule has 0 fully saturated rings. The number of hydrogen-bond acceptors (Lipinski definition) is 5. The first-order valence-electron chi connectivity index (χ1n) is 11.5. The molecule has 1 amide bonds. The number of hydrogen-bond donors (Lipinski definition) is 3. The minimum absolute atomic E-state index is 0.00935. The number of rotatable bonds is 9. The van der Waals surface area contributed by atoms with Crippen molar-refractivity contribution >= 4 is 11.9 Å². The molecule has 3 aromatic rings. The molecule has 1 aromatic heterocycles. The van der Waals surface area contributed by atoms with Gasteiger partial charge < -0.3 is 20.5 Å². The van der Waals surface area contributed by atoms with Gasteiger partial charge >= 0.3 is 12.1 Å². The van der Waals surface area contributed by atoms with Crippen molar-refractivity contribution in [2.24, 2.45) is 0 Å². The summed E-state index contributed by atoms with van der Waals surface area (Å²) >= 11 is 0. The first-order valence-corrected chi connectivity index (χ1v) is 11.5. The van der Waals surface area contributed by atoms with Crippen LogP contribution in [0.15, 0.2) is 73.1 Å². The van der Waals surface area contributed by atoms with Gasteiger partial charge in [0.25, 0.3) is 0 Å². The molecule has 0 spiro atoms. The number of carbonyl (C=O) groups excluding carboxylic acids is 1. The van der Waals surface area contributed by atoms with Gasteiger partial charge in [0, 0.05) is 31.7 Å². The third kappa shape index (κ3) is 10.7. The zero-order valence-corrected chi connectivity index (χ0v) is 20.8. The van der Waals surface area contributed by atoms with Gasteiger partial charge in [-0.3, -0.25) is 9.78 Å². The molecule has 0 saturated carbocycles. The molecule has 0 radical (unpaired) electrons. The van der Waals surface area contributed by atoms with Crippen LogP contribution in [0.4, 0.5) is 13.2 Å². The molecule has 2 atom stereocenters. The summed E-state index contributed by atoms with van der Waals surface area (Å²) in [7, 11) is 0. The summed E-state index contributed by atoms with van der Waals surface area (Å²) in [6.45, 7) is 6.54. The molecule has 0 bridgehead atoms. The molecular weight excluding hydrogens is 487 g/mol. The normalized spacial score (nSPS) is 12.5. The molecule has 3 N–H and O–H groups in total.